The van der Waals surface area contributed by atoms with Crippen LogP contribution in [0.25, 0.3) is 0 Å². The standard InChI is InChI=1S/C16H25N3O.HI/c1-11-5-7-14(8-6-11)20-13(3)10-18-16(17-4)19-15-9-12(15)2;/h5-8,12-13,15H,9-10H2,1-4H3,(H2,17,18,19);1H. The largest absolute Gasteiger partial charge is 0.489 e. The number of nitrogens with one attached hydrogen (secondary N) is 2. The van der Waals surface area contributed by atoms with E-state index in [1.54, 1.807) is 7.05 Å². The van der Waals surface area contributed by atoms with Gasteiger partial charge in [0.25, 0.3) is 0 Å². The van der Waals surface area contributed by atoms with E-state index in [2.05, 4.69) is 48.5 Å². The van der Waals surface area contributed by atoms with Crippen LogP contribution in [0.5, 0.6) is 5.75 Å². The van der Waals surface area contributed by atoms with Crippen LogP contribution in [-0.4, -0.2) is 31.7 Å². The number of rotatable bonds is 5. The molecule has 0 bridgehead atoms. The van der Waals surface area contributed by atoms with Crippen molar-refractivity contribution < 1.29 is 4.74 Å². The molecule has 1 aliphatic rings. The predicted molar refractivity (Wildman–Crippen MR) is 98.8 cm³/mol. The first kappa shape index (κ1) is 18.1. The van der Waals surface area contributed by atoms with Gasteiger partial charge in [0.15, 0.2) is 5.96 Å². The minimum absolute atomic E-state index is 0. The number of halogens is 1. The maximum Gasteiger partial charge on any atom is 0.191 e. The van der Waals surface area contributed by atoms with Gasteiger partial charge < -0.3 is 15.4 Å². The summed E-state index contributed by atoms with van der Waals surface area (Å²) >= 11 is 0. The summed E-state index contributed by atoms with van der Waals surface area (Å²) in [4.78, 5) is 4.23. The van der Waals surface area contributed by atoms with Crippen LogP contribution in [-0.2, 0) is 0 Å². The van der Waals surface area contributed by atoms with Crippen LogP contribution in [0.15, 0.2) is 29.3 Å². The van der Waals surface area contributed by atoms with Gasteiger partial charge in [0.2, 0.25) is 0 Å². The molecule has 0 radical (unpaired) electrons. The van der Waals surface area contributed by atoms with E-state index in [0.717, 1.165) is 24.2 Å². The number of hydrogen-bond acceptors (Lipinski definition) is 2. The number of guanidine groups is 1. The van der Waals surface area contributed by atoms with Crippen LogP contribution in [0.1, 0.15) is 25.8 Å². The Bertz CT molecular complexity index is 461. The highest BCUT2D eigenvalue weighted by atomic mass is 127. The molecule has 0 saturated heterocycles. The van der Waals surface area contributed by atoms with Crippen LogP contribution in [0.4, 0.5) is 0 Å². The Labute approximate surface area is 144 Å². The van der Waals surface area contributed by atoms with Gasteiger partial charge in [-0.3, -0.25) is 4.99 Å². The van der Waals surface area contributed by atoms with Gasteiger partial charge in [-0.25, -0.2) is 0 Å². The van der Waals surface area contributed by atoms with Crippen molar-refractivity contribution in [2.45, 2.75) is 39.3 Å². The molecule has 1 aromatic rings. The molecule has 3 atom stereocenters. The normalized spacial score (nSPS) is 22.0. The molecule has 0 aliphatic heterocycles. The first-order chi connectivity index (χ1) is 9.58. The Morgan fingerprint density at radius 2 is 2.00 bits per heavy atom. The van der Waals surface area contributed by atoms with Gasteiger partial charge in [-0.1, -0.05) is 24.6 Å². The van der Waals surface area contributed by atoms with Crippen LogP contribution in [0.3, 0.4) is 0 Å². The molecule has 118 valence electrons. The third kappa shape index (κ3) is 6.11. The molecule has 0 aromatic heterocycles. The van der Waals surface area contributed by atoms with Crippen molar-refractivity contribution >= 4 is 29.9 Å². The number of ether oxygens (including phenoxy) is 1. The number of nitrogens with zero attached hydrogens (tertiary/aromatic N) is 1. The second kappa shape index (κ2) is 8.46. The molecule has 5 heteroatoms. The van der Waals surface area contributed by atoms with Crippen molar-refractivity contribution in [1.29, 1.82) is 0 Å². The van der Waals surface area contributed by atoms with Crippen LogP contribution in [0, 0.1) is 12.8 Å². The molecule has 0 amide bonds. The molecular formula is C16H26IN3O. The zero-order chi connectivity index (χ0) is 14.5. The summed E-state index contributed by atoms with van der Waals surface area (Å²) in [6.45, 7) is 7.10. The van der Waals surface area contributed by atoms with Gasteiger partial charge >= 0.3 is 0 Å². The smallest absolute Gasteiger partial charge is 0.191 e. The molecular weight excluding hydrogens is 377 g/mol. The highest BCUT2D eigenvalue weighted by Gasteiger charge is 2.33. The van der Waals surface area contributed by atoms with Crippen molar-refractivity contribution in [3.05, 3.63) is 29.8 Å². The maximum atomic E-state index is 5.86. The first-order valence-electron chi connectivity index (χ1n) is 7.29. The minimum Gasteiger partial charge on any atom is -0.489 e. The number of benzene rings is 1. The van der Waals surface area contributed by atoms with Crippen molar-refractivity contribution in [2.24, 2.45) is 10.9 Å². The topological polar surface area (TPSA) is 45.7 Å². The summed E-state index contributed by atoms with van der Waals surface area (Å²) in [5.74, 6) is 2.53. The molecule has 1 aromatic carbocycles. The number of aryl methyl sites for hydroxylation is 1. The van der Waals surface area contributed by atoms with Crippen LogP contribution in [0.2, 0.25) is 0 Å². The fourth-order valence-corrected chi connectivity index (χ4v) is 2.02. The van der Waals surface area contributed by atoms with E-state index in [4.69, 9.17) is 4.74 Å². The van der Waals surface area contributed by atoms with Crippen LogP contribution >= 0.6 is 24.0 Å². The lowest BCUT2D eigenvalue weighted by Gasteiger charge is -2.17. The Hall–Kier alpha value is -0.980. The molecule has 2 N–H and O–H groups in total. The highest BCUT2D eigenvalue weighted by molar-refractivity contribution is 14.0. The van der Waals surface area contributed by atoms with E-state index in [9.17, 15) is 0 Å². The molecule has 0 heterocycles. The van der Waals surface area contributed by atoms with E-state index >= 15 is 0 Å². The fraction of sp³-hybridized carbons (Fsp3) is 0.562. The maximum absolute atomic E-state index is 5.86. The quantitative estimate of drug-likeness (QED) is 0.452. The fourth-order valence-electron chi connectivity index (χ4n) is 2.02. The lowest BCUT2D eigenvalue weighted by Crippen LogP contribution is -2.43. The second-order valence-corrected chi connectivity index (χ2v) is 5.66. The van der Waals surface area contributed by atoms with Crippen molar-refractivity contribution in [2.75, 3.05) is 13.6 Å². The average Bonchev–Trinajstić information content (AvgIpc) is 3.12. The minimum atomic E-state index is 0. The Kier molecular flexibility index (Phi) is 7.28. The second-order valence-electron chi connectivity index (χ2n) is 5.66. The summed E-state index contributed by atoms with van der Waals surface area (Å²) in [5, 5.41) is 6.71. The Morgan fingerprint density at radius 3 is 2.52 bits per heavy atom. The molecule has 0 spiro atoms. The molecule has 1 fully saturated rings. The van der Waals surface area contributed by atoms with E-state index in [-0.39, 0.29) is 30.1 Å². The van der Waals surface area contributed by atoms with Gasteiger partial charge in [0.05, 0.1) is 6.54 Å². The van der Waals surface area contributed by atoms with Crippen molar-refractivity contribution in [1.82, 2.24) is 10.6 Å². The first-order valence-corrected chi connectivity index (χ1v) is 7.29. The van der Waals surface area contributed by atoms with E-state index in [0.29, 0.717) is 6.04 Å². The molecule has 3 unspecified atom stereocenters. The van der Waals surface area contributed by atoms with Crippen molar-refractivity contribution in [3.8, 4) is 5.75 Å². The van der Waals surface area contributed by atoms with Gasteiger partial charge in [-0.2, -0.15) is 0 Å². The molecule has 1 saturated carbocycles. The molecule has 2 rings (SSSR count). The summed E-state index contributed by atoms with van der Waals surface area (Å²) in [6.07, 6.45) is 1.32. The van der Waals surface area contributed by atoms with E-state index in [1.807, 2.05) is 12.1 Å². The zero-order valence-electron chi connectivity index (χ0n) is 13.2. The number of aliphatic imine (C=N–C) groups is 1. The highest BCUT2D eigenvalue weighted by Crippen LogP contribution is 2.28. The summed E-state index contributed by atoms with van der Waals surface area (Å²) in [5.41, 5.74) is 1.24. The summed E-state index contributed by atoms with van der Waals surface area (Å²) in [6, 6.07) is 8.71. The lowest BCUT2D eigenvalue weighted by molar-refractivity contribution is 0.224. The Morgan fingerprint density at radius 1 is 1.38 bits per heavy atom. The van der Waals surface area contributed by atoms with Gasteiger partial charge in [-0.05, 0) is 38.3 Å². The van der Waals surface area contributed by atoms with Crippen LogP contribution < -0.4 is 15.4 Å². The van der Waals surface area contributed by atoms with Gasteiger partial charge in [0.1, 0.15) is 11.9 Å². The monoisotopic (exact) mass is 403 g/mol. The zero-order valence-corrected chi connectivity index (χ0v) is 15.5. The molecule has 21 heavy (non-hydrogen) atoms. The van der Waals surface area contributed by atoms with Gasteiger partial charge in [-0.15, -0.1) is 24.0 Å². The SMILES string of the molecule is CN=C(NCC(C)Oc1ccc(C)cc1)NC1CC1C.I. The number of hydrogen-bond donors (Lipinski definition) is 2. The summed E-state index contributed by atoms with van der Waals surface area (Å²) in [7, 11) is 1.80. The average molecular weight is 403 g/mol. The lowest BCUT2D eigenvalue weighted by atomic mass is 10.2. The molecule has 1 aliphatic carbocycles. The van der Waals surface area contributed by atoms with Crippen molar-refractivity contribution in [3.63, 3.8) is 0 Å². The Balaban J connectivity index is 0.00000220. The third-order valence-corrected chi connectivity index (χ3v) is 3.57. The molecule has 4 nitrogen and oxygen atoms in total. The third-order valence-electron chi connectivity index (χ3n) is 3.57. The van der Waals surface area contributed by atoms with Gasteiger partial charge in [0, 0.05) is 13.1 Å². The van der Waals surface area contributed by atoms with E-state index < -0.39 is 0 Å². The van der Waals surface area contributed by atoms with E-state index in [1.165, 1.54) is 12.0 Å². The summed E-state index contributed by atoms with van der Waals surface area (Å²) < 4.78 is 5.86. The predicted octanol–water partition coefficient (Wildman–Crippen LogP) is 2.95.